The molecule has 1 saturated carbocycles. The summed E-state index contributed by atoms with van der Waals surface area (Å²) in [6.07, 6.45) is 4.08. The van der Waals surface area contributed by atoms with Gasteiger partial charge in [-0.1, -0.05) is 13.0 Å². The lowest BCUT2D eigenvalue weighted by Crippen LogP contribution is -2.29. The Morgan fingerprint density at radius 3 is 2.40 bits per heavy atom. The van der Waals surface area contributed by atoms with E-state index in [9.17, 15) is 0 Å². The first-order valence-corrected chi connectivity index (χ1v) is 4.15. The molecule has 10 heavy (non-hydrogen) atoms. The minimum atomic E-state index is 0.549. The number of rotatable bonds is 3. The van der Waals surface area contributed by atoms with Crippen LogP contribution in [0.2, 0.25) is 0 Å². The van der Waals surface area contributed by atoms with E-state index in [2.05, 4.69) is 25.7 Å². The zero-order valence-electron chi connectivity index (χ0n) is 6.98. The molecule has 0 heterocycles. The summed E-state index contributed by atoms with van der Waals surface area (Å²) in [4.78, 5) is 0. The molecule has 0 unspecified atom stereocenters. The van der Waals surface area contributed by atoms with Crippen molar-refractivity contribution in [2.45, 2.75) is 39.2 Å². The van der Waals surface area contributed by atoms with Gasteiger partial charge in [-0.05, 0) is 32.6 Å². The number of hydrogen-bond acceptors (Lipinski definition) is 1. The van der Waals surface area contributed by atoms with E-state index < -0.39 is 0 Å². The van der Waals surface area contributed by atoms with E-state index in [1.165, 1.54) is 25.0 Å². The smallest absolute Gasteiger partial charge is 0.0201 e. The van der Waals surface area contributed by atoms with Gasteiger partial charge in [-0.2, -0.15) is 0 Å². The molecule has 1 N–H and O–H groups in total. The fourth-order valence-corrected chi connectivity index (χ4v) is 1.25. The standard InChI is InChI=1S/C9H17N/c1-7(2)10-8(3)9-5-4-6-9/h7,9-10H,3-6H2,1-2H3. The summed E-state index contributed by atoms with van der Waals surface area (Å²) in [7, 11) is 0. The third kappa shape index (κ3) is 1.76. The van der Waals surface area contributed by atoms with Gasteiger partial charge in [-0.25, -0.2) is 0 Å². The Balaban J connectivity index is 2.20. The van der Waals surface area contributed by atoms with Crippen molar-refractivity contribution in [1.29, 1.82) is 0 Å². The molecule has 0 amide bonds. The first-order chi connectivity index (χ1) is 4.70. The molecule has 58 valence electrons. The molecular formula is C9H17N. The molecular weight excluding hydrogens is 122 g/mol. The van der Waals surface area contributed by atoms with Crippen LogP contribution in [0.1, 0.15) is 33.1 Å². The van der Waals surface area contributed by atoms with Gasteiger partial charge in [0.25, 0.3) is 0 Å². The summed E-state index contributed by atoms with van der Waals surface area (Å²) in [5, 5.41) is 3.35. The second-order valence-electron chi connectivity index (χ2n) is 3.45. The highest BCUT2D eigenvalue weighted by Crippen LogP contribution is 2.30. The monoisotopic (exact) mass is 139 g/mol. The van der Waals surface area contributed by atoms with Crippen molar-refractivity contribution in [2.24, 2.45) is 5.92 Å². The number of nitrogens with one attached hydrogen (secondary N) is 1. The van der Waals surface area contributed by atoms with Crippen LogP contribution >= 0.6 is 0 Å². The van der Waals surface area contributed by atoms with Crippen LogP contribution in [-0.4, -0.2) is 6.04 Å². The molecule has 0 spiro atoms. The van der Waals surface area contributed by atoms with Gasteiger partial charge in [0.2, 0.25) is 0 Å². The van der Waals surface area contributed by atoms with Crippen LogP contribution in [0.5, 0.6) is 0 Å². The molecule has 1 fully saturated rings. The lowest BCUT2D eigenvalue weighted by molar-refractivity contribution is 0.345. The molecule has 0 aromatic carbocycles. The Morgan fingerprint density at radius 1 is 1.50 bits per heavy atom. The number of allylic oxidation sites excluding steroid dienone is 1. The van der Waals surface area contributed by atoms with Crippen LogP contribution in [-0.2, 0) is 0 Å². The van der Waals surface area contributed by atoms with Crippen LogP contribution in [0, 0.1) is 5.92 Å². The molecule has 1 nitrogen and oxygen atoms in total. The summed E-state index contributed by atoms with van der Waals surface area (Å²) in [6, 6.07) is 0.549. The van der Waals surface area contributed by atoms with E-state index in [0.29, 0.717) is 6.04 Å². The zero-order valence-corrected chi connectivity index (χ0v) is 6.98. The minimum absolute atomic E-state index is 0.549. The molecule has 0 atom stereocenters. The Kier molecular flexibility index (Phi) is 2.36. The lowest BCUT2D eigenvalue weighted by Gasteiger charge is -2.29. The molecule has 0 aromatic heterocycles. The average Bonchev–Trinajstić information content (AvgIpc) is 1.55. The SMILES string of the molecule is C=C(NC(C)C)C1CCC1. The largest absolute Gasteiger partial charge is 0.386 e. The topological polar surface area (TPSA) is 12.0 Å². The van der Waals surface area contributed by atoms with Crippen molar-refractivity contribution < 1.29 is 0 Å². The van der Waals surface area contributed by atoms with E-state index >= 15 is 0 Å². The fourth-order valence-electron chi connectivity index (χ4n) is 1.25. The van der Waals surface area contributed by atoms with Gasteiger partial charge in [-0.15, -0.1) is 0 Å². The maximum atomic E-state index is 4.01. The summed E-state index contributed by atoms with van der Waals surface area (Å²) in [5.74, 6) is 0.780. The maximum Gasteiger partial charge on any atom is 0.0201 e. The Bertz CT molecular complexity index is 123. The second-order valence-corrected chi connectivity index (χ2v) is 3.45. The molecule has 0 aromatic rings. The summed E-state index contributed by atoms with van der Waals surface area (Å²) < 4.78 is 0. The van der Waals surface area contributed by atoms with Gasteiger partial charge in [0.1, 0.15) is 0 Å². The van der Waals surface area contributed by atoms with E-state index in [1.54, 1.807) is 0 Å². The Labute approximate surface area is 63.5 Å². The second kappa shape index (κ2) is 3.09. The van der Waals surface area contributed by atoms with Crippen molar-refractivity contribution in [3.8, 4) is 0 Å². The molecule has 0 saturated heterocycles. The fraction of sp³-hybridized carbons (Fsp3) is 0.778. The minimum Gasteiger partial charge on any atom is -0.386 e. The maximum absolute atomic E-state index is 4.01. The van der Waals surface area contributed by atoms with Crippen LogP contribution in [0.25, 0.3) is 0 Å². The van der Waals surface area contributed by atoms with Crippen molar-refractivity contribution in [3.63, 3.8) is 0 Å². The van der Waals surface area contributed by atoms with Gasteiger partial charge in [0.15, 0.2) is 0 Å². The van der Waals surface area contributed by atoms with Crippen molar-refractivity contribution in [1.82, 2.24) is 5.32 Å². The zero-order chi connectivity index (χ0) is 7.56. The first-order valence-electron chi connectivity index (χ1n) is 4.15. The van der Waals surface area contributed by atoms with E-state index in [-0.39, 0.29) is 0 Å². The van der Waals surface area contributed by atoms with Crippen molar-refractivity contribution in [3.05, 3.63) is 12.3 Å². The molecule has 1 rings (SSSR count). The average molecular weight is 139 g/mol. The summed E-state index contributed by atoms with van der Waals surface area (Å²) in [5.41, 5.74) is 1.25. The molecule has 1 heteroatoms. The van der Waals surface area contributed by atoms with E-state index in [1.807, 2.05) is 0 Å². The van der Waals surface area contributed by atoms with Crippen molar-refractivity contribution >= 4 is 0 Å². The Hall–Kier alpha value is -0.460. The summed E-state index contributed by atoms with van der Waals surface area (Å²) >= 11 is 0. The third-order valence-corrected chi connectivity index (χ3v) is 2.07. The third-order valence-electron chi connectivity index (χ3n) is 2.07. The van der Waals surface area contributed by atoms with Crippen LogP contribution < -0.4 is 5.32 Å². The van der Waals surface area contributed by atoms with Crippen LogP contribution in [0.15, 0.2) is 12.3 Å². The van der Waals surface area contributed by atoms with Gasteiger partial charge < -0.3 is 5.32 Å². The first kappa shape index (κ1) is 7.64. The van der Waals surface area contributed by atoms with Gasteiger partial charge >= 0.3 is 0 Å². The van der Waals surface area contributed by atoms with E-state index in [0.717, 1.165) is 5.92 Å². The predicted octanol–water partition coefficient (Wildman–Crippen LogP) is 2.30. The highest BCUT2D eigenvalue weighted by molar-refractivity contribution is 5.02. The normalized spacial score (nSPS) is 18.7. The number of hydrogen-bond donors (Lipinski definition) is 1. The molecule has 0 bridgehead atoms. The molecule has 0 radical (unpaired) electrons. The molecule has 0 aliphatic heterocycles. The van der Waals surface area contributed by atoms with E-state index in [4.69, 9.17) is 0 Å². The van der Waals surface area contributed by atoms with Crippen LogP contribution in [0.4, 0.5) is 0 Å². The highest BCUT2D eigenvalue weighted by atomic mass is 14.9. The van der Waals surface area contributed by atoms with Gasteiger partial charge in [0, 0.05) is 11.7 Å². The van der Waals surface area contributed by atoms with Gasteiger partial charge in [0.05, 0.1) is 0 Å². The summed E-state index contributed by atoms with van der Waals surface area (Å²) in [6.45, 7) is 8.32. The highest BCUT2D eigenvalue weighted by Gasteiger charge is 2.20. The quantitative estimate of drug-likeness (QED) is 0.632. The predicted molar refractivity (Wildman–Crippen MR) is 44.8 cm³/mol. The van der Waals surface area contributed by atoms with Gasteiger partial charge in [-0.3, -0.25) is 0 Å². The molecule has 1 aliphatic rings. The molecule has 1 aliphatic carbocycles. The van der Waals surface area contributed by atoms with Crippen LogP contribution in [0.3, 0.4) is 0 Å². The lowest BCUT2D eigenvalue weighted by atomic mass is 9.83. The van der Waals surface area contributed by atoms with Crippen molar-refractivity contribution in [2.75, 3.05) is 0 Å². The Morgan fingerprint density at radius 2 is 2.10 bits per heavy atom.